The third-order valence-electron chi connectivity index (χ3n) is 5.07. The molecule has 0 radical (unpaired) electrons. The molecular weight excluding hydrogens is 338 g/mol. The van der Waals surface area contributed by atoms with Gasteiger partial charge in [0.15, 0.2) is 0 Å². The zero-order valence-corrected chi connectivity index (χ0v) is 16.4. The second kappa shape index (κ2) is 7.82. The lowest BCUT2D eigenvalue weighted by Crippen LogP contribution is -2.32. The Labute approximate surface area is 160 Å². The lowest BCUT2D eigenvalue weighted by molar-refractivity contribution is -0.117. The van der Waals surface area contributed by atoms with Gasteiger partial charge in [-0.15, -0.1) is 0 Å². The highest BCUT2D eigenvalue weighted by Gasteiger charge is 2.23. The number of amides is 2. The molecule has 3 rings (SSSR count). The van der Waals surface area contributed by atoms with Crippen LogP contribution in [0.1, 0.15) is 36.5 Å². The Bertz CT molecular complexity index is 856. The molecule has 0 aromatic heterocycles. The van der Waals surface area contributed by atoms with Gasteiger partial charge in [-0.1, -0.05) is 18.2 Å². The third-order valence-corrected chi connectivity index (χ3v) is 5.07. The predicted octanol–water partition coefficient (Wildman–Crippen LogP) is 4.18. The zero-order chi connectivity index (χ0) is 19.6. The fourth-order valence-corrected chi connectivity index (χ4v) is 3.51. The summed E-state index contributed by atoms with van der Waals surface area (Å²) in [4.78, 5) is 26.4. The molecule has 1 saturated heterocycles. The van der Waals surface area contributed by atoms with Crippen molar-refractivity contribution in [1.29, 1.82) is 0 Å². The van der Waals surface area contributed by atoms with Gasteiger partial charge in [-0.05, 0) is 69.0 Å². The number of anilines is 3. The summed E-state index contributed by atoms with van der Waals surface area (Å²) in [6, 6.07) is 11.4. The van der Waals surface area contributed by atoms with Crippen molar-refractivity contribution in [3.8, 4) is 0 Å². The minimum atomic E-state index is -0.386. The average molecular weight is 365 g/mol. The van der Waals surface area contributed by atoms with Crippen LogP contribution in [0.25, 0.3) is 0 Å². The Morgan fingerprint density at radius 3 is 2.37 bits per heavy atom. The monoisotopic (exact) mass is 365 g/mol. The molecule has 5 heteroatoms. The zero-order valence-electron chi connectivity index (χ0n) is 16.4. The fourth-order valence-electron chi connectivity index (χ4n) is 3.51. The number of hydrogen-bond acceptors (Lipinski definition) is 3. The van der Waals surface area contributed by atoms with Crippen molar-refractivity contribution in [2.75, 3.05) is 22.1 Å². The summed E-state index contributed by atoms with van der Waals surface area (Å²) in [5.41, 5.74) is 5.81. The van der Waals surface area contributed by atoms with Gasteiger partial charge in [-0.3, -0.25) is 9.59 Å². The molecule has 1 aliphatic heterocycles. The highest BCUT2D eigenvalue weighted by molar-refractivity contribution is 5.98. The van der Waals surface area contributed by atoms with E-state index in [4.69, 9.17) is 0 Å². The van der Waals surface area contributed by atoms with E-state index in [-0.39, 0.29) is 17.9 Å². The van der Waals surface area contributed by atoms with Crippen LogP contribution >= 0.6 is 0 Å². The van der Waals surface area contributed by atoms with E-state index in [2.05, 4.69) is 10.6 Å². The summed E-state index contributed by atoms with van der Waals surface area (Å²) in [6.07, 6.45) is 1.53. The molecule has 142 valence electrons. The molecule has 2 amide bonds. The number of benzene rings is 2. The van der Waals surface area contributed by atoms with E-state index in [1.54, 1.807) is 0 Å². The Hall–Kier alpha value is -2.82. The van der Waals surface area contributed by atoms with Crippen LogP contribution in [0.4, 0.5) is 17.1 Å². The van der Waals surface area contributed by atoms with Gasteiger partial charge in [-0.2, -0.15) is 0 Å². The van der Waals surface area contributed by atoms with E-state index in [1.165, 1.54) is 0 Å². The molecule has 0 unspecified atom stereocenters. The summed E-state index contributed by atoms with van der Waals surface area (Å²) >= 11 is 0. The number of hydrogen-bond donors (Lipinski definition) is 2. The molecule has 2 N–H and O–H groups in total. The molecule has 1 heterocycles. The van der Waals surface area contributed by atoms with E-state index >= 15 is 0 Å². The molecule has 0 saturated carbocycles. The summed E-state index contributed by atoms with van der Waals surface area (Å²) in [7, 11) is 0. The summed E-state index contributed by atoms with van der Waals surface area (Å²) in [5.74, 6) is 0.101. The molecular formula is C22H27N3O2. The quantitative estimate of drug-likeness (QED) is 0.836. The molecule has 1 atom stereocenters. The van der Waals surface area contributed by atoms with Crippen LogP contribution in [0.5, 0.6) is 0 Å². The van der Waals surface area contributed by atoms with Gasteiger partial charge < -0.3 is 15.5 Å². The molecule has 2 aromatic carbocycles. The number of nitrogens with zero attached hydrogens (tertiary/aromatic N) is 1. The topological polar surface area (TPSA) is 61.4 Å². The number of nitrogens with one attached hydrogen (secondary N) is 2. The minimum Gasteiger partial charge on any atom is -0.374 e. The Kier molecular flexibility index (Phi) is 5.49. The molecule has 0 spiro atoms. The molecule has 1 fully saturated rings. The number of carbonyl (C=O) groups excluding carboxylic acids is 2. The molecule has 1 aliphatic rings. The van der Waals surface area contributed by atoms with E-state index in [1.807, 2.05) is 69.0 Å². The molecule has 0 bridgehead atoms. The highest BCUT2D eigenvalue weighted by atomic mass is 16.2. The maximum Gasteiger partial charge on any atom is 0.246 e. The summed E-state index contributed by atoms with van der Waals surface area (Å²) in [6.45, 7) is 8.59. The highest BCUT2D eigenvalue weighted by Crippen LogP contribution is 2.28. The largest absolute Gasteiger partial charge is 0.374 e. The maximum atomic E-state index is 12.6. The normalized spacial score (nSPS) is 15.0. The molecule has 2 aromatic rings. The van der Waals surface area contributed by atoms with Gasteiger partial charge in [0.2, 0.25) is 11.8 Å². The van der Waals surface area contributed by atoms with E-state index in [0.717, 1.165) is 46.7 Å². The van der Waals surface area contributed by atoms with Crippen LogP contribution in [-0.4, -0.2) is 24.4 Å². The van der Waals surface area contributed by atoms with Crippen LogP contribution in [0, 0.1) is 20.8 Å². The van der Waals surface area contributed by atoms with Gasteiger partial charge in [0, 0.05) is 30.0 Å². The maximum absolute atomic E-state index is 12.6. The third kappa shape index (κ3) is 4.13. The van der Waals surface area contributed by atoms with Crippen molar-refractivity contribution < 1.29 is 9.59 Å². The first kappa shape index (κ1) is 19.0. The van der Waals surface area contributed by atoms with Crippen molar-refractivity contribution >= 4 is 28.9 Å². The van der Waals surface area contributed by atoms with Crippen molar-refractivity contribution in [3.63, 3.8) is 0 Å². The standard InChI is InChI=1S/C22H27N3O2/c1-14-7-5-8-15(2)21(14)24-22(27)17(4)23-18-10-11-19(16(3)13-18)25-12-6-9-20(25)26/h5,7-8,10-11,13,17,23H,6,9,12H2,1-4H3,(H,24,27)/t17-/m0/s1. The minimum absolute atomic E-state index is 0.0798. The van der Waals surface area contributed by atoms with Gasteiger partial charge in [0.1, 0.15) is 6.04 Å². The first-order valence-corrected chi connectivity index (χ1v) is 9.41. The lowest BCUT2D eigenvalue weighted by Gasteiger charge is -2.21. The predicted molar refractivity (Wildman–Crippen MR) is 110 cm³/mol. The van der Waals surface area contributed by atoms with E-state index in [9.17, 15) is 9.59 Å². The van der Waals surface area contributed by atoms with Crippen LogP contribution < -0.4 is 15.5 Å². The number of para-hydroxylation sites is 1. The Morgan fingerprint density at radius 2 is 1.78 bits per heavy atom. The Morgan fingerprint density at radius 1 is 1.07 bits per heavy atom. The van der Waals surface area contributed by atoms with E-state index < -0.39 is 0 Å². The molecule has 0 aliphatic carbocycles. The van der Waals surface area contributed by atoms with E-state index in [0.29, 0.717) is 6.42 Å². The smallest absolute Gasteiger partial charge is 0.246 e. The SMILES string of the molecule is Cc1cc(N[C@@H](C)C(=O)Nc2c(C)cccc2C)ccc1N1CCCC1=O. The van der Waals surface area contributed by atoms with Crippen LogP contribution in [0.15, 0.2) is 36.4 Å². The van der Waals surface area contributed by atoms with Crippen molar-refractivity contribution in [2.24, 2.45) is 0 Å². The molecule has 5 nitrogen and oxygen atoms in total. The first-order valence-electron chi connectivity index (χ1n) is 9.41. The van der Waals surface area contributed by atoms with Crippen molar-refractivity contribution in [1.82, 2.24) is 0 Å². The van der Waals surface area contributed by atoms with Crippen molar-refractivity contribution in [2.45, 2.75) is 46.6 Å². The number of aryl methyl sites for hydroxylation is 3. The van der Waals surface area contributed by atoms with Gasteiger partial charge in [0.05, 0.1) is 0 Å². The van der Waals surface area contributed by atoms with Crippen molar-refractivity contribution in [3.05, 3.63) is 53.1 Å². The fraction of sp³-hybridized carbons (Fsp3) is 0.364. The second-order valence-corrected chi connectivity index (χ2v) is 7.27. The lowest BCUT2D eigenvalue weighted by atomic mass is 10.1. The first-order chi connectivity index (χ1) is 12.9. The van der Waals surface area contributed by atoms with Crippen LogP contribution in [0.2, 0.25) is 0 Å². The van der Waals surface area contributed by atoms with Gasteiger partial charge in [-0.25, -0.2) is 0 Å². The Balaban J connectivity index is 1.68. The van der Waals surface area contributed by atoms with Crippen LogP contribution in [0.3, 0.4) is 0 Å². The molecule has 27 heavy (non-hydrogen) atoms. The van der Waals surface area contributed by atoms with Crippen LogP contribution in [-0.2, 0) is 9.59 Å². The van der Waals surface area contributed by atoms with Gasteiger partial charge in [0.25, 0.3) is 0 Å². The second-order valence-electron chi connectivity index (χ2n) is 7.27. The van der Waals surface area contributed by atoms with Gasteiger partial charge >= 0.3 is 0 Å². The average Bonchev–Trinajstić information content (AvgIpc) is 3.04. The number of carbonyl (C=O) groups is 2. The summed E-state index contributed by atoms with van der Waals surface area (Å²) in [5, 5.41) is 6.28. The summed E-state index contributed by atoms with van der Waals surface area (Å²) < 4.78 is 0. The number of rotatable bonds is 5.